The maximum absolute atomic E-state index is 9.56. The molecule has 0 bridgehead atoms. The quantitative estimate of drug-likeness (QED) is 0.637. The predicted molar refractivity (Wildman–Crippen MR) is 59.5 cm³/mol. The van der Waals surface area contributed by atoms with Crippen LogP contribution in [-0.2, 0) is 4.74 Å². The second kappa shape index (κ2) is 6.38. The van der Waals surface area contributed by atoms with Gasteiger partial charge < -0.3 is 14.7 Å². The molecular formula is C11H25NO2. The molecule has 0 aromatic heterocycles. The summed E-state index contributed by atoms with van der Waals surface area (Å²) >= 11 is 0. The minimum Gasteiger partial charge on any atom is -0.389 e. The molecule has 0 spiro atoms. The molecule has 0 heterocycles. The highest BCUT2D eigenvalue weighted by atomic mass is 16.5. The van der Waals surface area contributed by atoms with Crippen molar-refractivity contribution in [3.05, 3.63) is 0 Å². The molecule has 1 N–H and O–H groups in total. The largest absolute Gasteiger partial charge is 0.389 e. The Balaban J connectivity index is 3.40. The molecule has 0 unspecified atom stereocenters. The zero-order valence-electron chi connectivity index (χ0n) is 10.2. The number of aliphatic hydroxyl groups is 1. The lowest BCUT2D eigenvalue weighted by atomic mass is 10.1. The first kappa shape index (κ1) is 13.9. The van der Waals surface area contributed by atoms with E-state index in [9.17, 15) is 5.11 Å². The van der Waals surface area contributed by atoms with Gasteiger partial charge in [-0.25, -0.2) is 0 Å². The number of nitrogens with zero attached hydrogens (tertiary/aromatic N) is 1. The van der Waals surface area contributed by atoms with Crippen molar-refractivity contribution in [2.24, 2.45) is 0 Å². The smallest absolute Gasteiger partial charge is 0.0718 e. The fourth-order valence-electron chi connectivity index (χ4n) is 1.39. The molecule has 0 saturated carbocycles. The van der Waals surface area contributed by atoms with E-state index in [1.807, 2.05) is 34.7 Å². The van der Waals surface area contributed by atoms with E-state index in [1.54, 1.807) is 0 Å². The molecule has 0 aliphatic heterocycles. The first-order chi connectivity index (χ1) is 6.31. The third kappa shape index (κ3) is 9.96. The van der Waals surface area contributed by atoms with Crippen molar-refractivity contribution >= 4 is 0 Å². The summed E-state index contributed by atoms with van der Waals surface area (Å²) in [6, 6.07) is 0. The van der Waals surface area contributed by atoms with Crippen LogP contribution in [0.2, 0.25) is 0 Å². The Labute approximate surface area is 88.1 Å². The normalized spacial score (nSPS) is 12.9. The van der Waals surface area contributed by atoms with Gasteiger partial charge in [0.15, 0.2) is 0 Å². The standard InChI is InChI=1S/C11H25NO2/c1-10(2)14-8-6-7-12(5)9-11(3,4)13/h10,13H,6-9H2,1-5H3. The van der Waals surface area contributed by atoms with Crippen LogP contribution in [0, 0.1) is 0 Å². The van der Waals surface area contributed by atoms with E-state index in [2.05, 4.69) is 4.90 Å². The molecule has 0 saturated heterocycles. The first-order valence-corrected chi connectivity index (χ1v) is 5.34. The molecule has 0 fully saturated rings. The summed E-state index contributed by atoms with van der Waals surface area (Å²) in [6.45, 7) is 10.2. The van der Waals surface area contributed by atoms with Crippen LogP contribution < -0.4 is 0 Å². The van der Waals surface area contributed by atoms with Gasteiger partial charge in [-0.3, -0.25) is 0 Å². The van der Waals surface area contributed by atoms with E-state index < -0.39 is 5.60 Å². The molecule has 86 valence electrons. The van der Waals surface area contributed by atoms with Crippen molar-refractivity contribution in [2.75, 3.05) is 26.7 Å². The molecule has 0 aromatic rings. The third-order valence-electron chi connectivity index (χ3n) is 1.79. The van der Waals surface area contributed by atoms with E-state index in [1.165, 1.54) is 0 Å². The van der Waals surface area contributed by atoms with E-state index in [0.717, 1.165) is 19.6 Å². The number of ether oxygens (including phenoxy) is 1. The van der Waals surface area contributed by atoms with Crippen molar-refractivity contribution in [3.8, 4) is 0 Å². The zero-order valence-corrected chi connectivity index (χ0v) is 10.2. The van der Waals surface area contributed by atoms with E-state index in [0.29, 0.717) is 12.6 Å². The summed E-state index contributed by atoms with van der Waals surface area (Å²) in [6.07, 6.45) is 1.33. The second-order valence-electron chi connectivity index (χ2n) is 4.82. The van der Waals surface area contributed by atoms with Gasteiger partial charge in [0, 0.05) is 19.7 Å². The molecule has 3 nitrogen and oxygen atoms in total. The van der Waals surface area contributed by atoms with E-state index in [4.69, 9.17) is 4.74 Å². The highest BCUT2D eigenvalue weighted by Gasteiger charge is 2.14. The minimum atomic E-state index is -0.604. The molecule has 0 aromatic carbocycles. The van der Waals surface area contributed by atoms with Crippen LogP contribution in [0.25, 0.3) is 0 Å². The van der Waals surface area contributed by atoms with Crippen molar-refractivity contribution in [1.82, 2.24) is 4.90 Å². The fourth-order valence-corrected chi connectivity index (χ4v) is 1.39. The molecule has 3 heteroatoms. The summed E-state index contributed by atoms with van der Waals surface area (Å²) in [4.78, 5) is 2.13. The lowest BCUT2D eigenvalue weighted by Crippen LogP contribution is -2.37. The van der Waals surface area contributed by atoms with Gasteiger partial charge in [0.05, 0.1) is 11.7 Å². The molecule has 0 aliphatic carbocycles. The first-order valence-electron chi connectivity index (χ1n) is 5.34. The Morgan fingerprint density at radius 3 is 2.36 bits per heavy atom. The van der Waals surface area contributed by atoms with Gasteiger partial charge in [-0.15, -0.1) is 0 Å². The monoisotopic (exact) mass is 203 g/mol. The lowest BCUT2D eigenvalue weighted by molar-refractivity contribution is 0.0358. The van der Waals surface area contributed by atoms with Gasteiger partial charge in [-0.2, -0.15) is 0 Å². The number of likely N-dealkylation sites (N-methyl/N-ethyl adjacent to an activating group) is 1. The van der Waals surface area contributed by atoms with Crippen molar-refractivity contribution in [1.29, 1.82) is 0 Å². The average Bonchev–Trinajstić information content (AvgIpc) is 1.94. The summed E-state index contributed by atoms with van der Waals surface area (Å²) in [5.41, 5.74) is -0.604. The summed E-state index contributed by atoms with van der Waals surface area (Å²) in [7, 11) is 2.02. The van der Waals surface area contributed by atoms with Gasteiger partial charge in [-0.05, 0) is 41.2 Å². The molecule has 14 heavy (non-hydrogen) atoms. The van der Waals surface area contributed by atoms with Gasteiger partial charge in [0.2, 0.25) is 0 Å². The van der Waals surface area contributed by atoms with Crippen LogP contribution in [0.3, 0.4) is 0 Å². The molecule has 0 radical (unpaired) electrons. The molecule has 0 atom stereocenters. The highest BCUT2D eigenvalue weighted by molar-refractivity contribution is 4.69. The maximum atomic E-state index is 9.56. The van der Waals surface area contributed by atoms with Crippen LogP contribution in [0.5, 0.6) is 0 Å². The fraction of sp³-hybridized carbons (Fsp3) is 1.00. The van der Waals surface area contributed by atoms with Crippen molar-refractivity contribution in [2.45, 2.75) is 45.8 Å². The van der Waals surface area contributed by atoms with Crippen molar-refractivity contribution < 1.29 is 9.84 Å². The predicted octanol–water partition coefficient (Wildman–Crippen LogP) is 1.50. The molecule has 0 rings (SSSR count). The van der Waals surface area contributed by atoms with Crippen LogP contribution >= 0.6 is 0 Å². The Morgan fingerprint density at radius 2 is 1.93 bits per heavy atom. The van der Waals surface area contributed by atoms with Crippen molar-refractivity contribution in [3.63, 3.8) is 0 Å². The van der Waals surface area contributed by atoms with Crippen LogP contribution in [0.15, 0.2) is 0 Å². The van der Waals surface area contributed by atoms with Crippen LogP contribution in [-0.4, -0.2) is 48.5 Å². The van der Waals surface area contributed by atoms with Crippen LogP contribution in [0.4, 0.5) is 0 Å². The topological polar surface area (TPSA) is 32.7 Å². The Kier molecular flexibility index (Phi) is 6.33. The molecular weight excluding hydrogens is 178 g/mol. The summed E-state index contributed by atoms with van der Waals surface area (Å²) in [5, 5.41) is 9.56. The third-order valence-corrected chi connectivity index (χ3v) is 1.79. The zero-order chi connectivity index (χ0) is 11.2. The van der Waals surface area contributed by atoms with Gasteiger partial charge in [-0.1, -0.05) is 0 Å². The lowest BCUT2D eigenvalue weighted by Gasteiger charge is -2.25. The summed E-state index contributed by atoms with van der Waals surface area (Å²) in [5.74, 6) is 0. The average molecular weight is 203 g/mol. The SMILES string of the molecule is CC(C)OCCCN(C)CC(C)(C)O. The minimum absolute atomic E-state index is 0.314. The summed E-state index contributed by atoms with van der Waals surface area (Å²) < 4.78 is 5.43. The number of hydrogen-bond donors (Lipinski definition) is 1. The number of hydrogen-bond acceptors (Lipinski definition) is 3. The van der Waals surface area contributed by atoms with Gasteiger partial charge in [0.25, 0.3) is 0 Å². The van der Waals surface area contributed by atoms with Gasteiger partial charge >= 0.3 is 0 Å². The Hall–Kier alpha value is -0.120. The number of rotatable bonds is 7. The second-order valence-corrected chi connectivity index (χ2v) is 4.82. The van der Waals surface area contributed by atoms with E-state index >= 15 is 0 Å². The van der Waals surface area contributed by atoms with E-state index in [-0.39, 0.29) is 0 Å². The maximum Gasteiger partial charge on any atom is 0.0718 e. The van der Waals surface area contributed by atoms with Crippen LogP contribution in [0.1, 0.15) is 34.1 Å². The molecule has 0 amide bonds. The van der Waals surface area contributed by atoms with Gasteiger partial charge in [0.1, 0.15) is 0 Å². The highest BCUT2D eigenvalue weighted by Crippen LogP contribution is 2.03. The Morgan fingerprint density at radius 1 is 1.36 bits per heavy atom. The molecule has 0 aliphatic rings. The Bertz CT molecular complexity index is 141.